The van der Waals surface area contributed by atoms with Gasteiger partial charge < -0.3 is 20.7 Å². The Morgan fingerprint density at radius 2 is 1.87 bits per heavy atom. The number of likely N-dealkylation sites (tertiary alicyclic amines) is 1. The quantitative estimate of drug-likeness (QED) is 0.540. The van der Waals surface area contributed by atoms with Gasteiger partial charge >= 0.3 is 0 Å². The third-order valence-corrected chi connectivity index (χ3v) is 5.19. The summed E-state index contributed by atoms with van der Waals surface area (Å²) in [5, 5.41) is 3.41. The van der Waals surface area contributed by atoms with Gasteiger partial charge in [-0.2, -0.15) is 0 Å². The van der Waals surface area contributed by atoms with Crippen molar-refractivity contribution < 1.29 is 13.9 Å². The summed E-state index contributed by atoms with van der Waals surface area (Å²) in [6.45, 7) is 2.49. The molecule has 3 N–H and O–H groups in total. The molecule has 1 unspecified atom stereocenters. The number of nitrogens with two attached hydrogens (primary N) is 1. The van der Waals surface area contributed by atoms with Gasteiger partial charge in [-0.25, -0.2) is 4.39 Å². The Kier molecular flexibility index (Phi) is 7.65. The van der Waals surface area contributed by atoms with Gasteiger partial charge in [0.25, 0.3) is 0 Å². The van der Waals surface area contributed by atoms with E-state index in [2.05, 4.69) is 15.2 Å². The van der Waals surface area contributed by atoms with Crippen molar-refractivity contribution in [1.29, 1.82) is 0 Å². The first-order chi connectivity index (χ1) is 14.5. The molecule has 1 saturated heterocycles. The van der Waals surface area contributed by atoms with E-state index in [1.165, 1.54) is 17.7 Å². The summed E-state index contributed by atoms with van der Waals surface area (Å²) in [5.74, 6) is 1.95. The third-order valence-electron chi connectivity index (χ3n) is 5.19. The van der Waals surface area contributed by atoms with Crippen molar-refractivity contribution in [2.45, 2.75) is 25.7 Å². The predicted octanol–water partition coefficient (Wildman–Crippen LogP) is 3.32. The van der Waals surface area contributed by atoms with E-state index < -0.39 is 0 Å². The molecule has 2 aromatic rings. The number of amides is 1. The molecule has 1 atom stereocenters. The van der Waals surface area contributed by atoms with E-state index in [9.17, 15) is 9.18 Å². The SMILES string of the molecule is CN=C(NCCc1ccc(Oc2ccc(F)cc2)cc1)N1CCCC(CC(N)=O)C1. The third kappa shape index (κ3) is 6.47. The number of hydrogen-bond acceptors (Lipinski definition) is 3. The lowest BCUT2D eigenvalue weighted by Crippen LogP contribution is -2.47. The second-order valence-corrected chi connectivity index (χ2v) is 7.55. The molecule has 6 nitrogen and oxygen atoms in total. The summed E-state index contributed by atoms with van der Waals surface area (Å²) in [5.41, 5.74) is 6.53. The van der Waals surface area contributed by atoms with Crippen LogP contribution in [0.2, 0.25) is 0 Å². The first-order valence-corrected chi connectivity index (χ1v) is 10.3. The minimum Gasteiger partial charge on any atom is -0.457 e. The molecule has 7 heteroatoms. The van der Waals surface area contributed by atoms with Crippen LogP contribution in [0.3, 0.4) is 0 Å². The highest BCUT2D eigenvalue weighted by atomic mass is 19.1. The van der Waals surface area contributed by atoms with Crippen molar-refractivity contribution in [1.82, 2.24) is 10.2 Å². The lowest BCUT2D eigenvalue weighted by Gasteiger charge is -2.34. The van der Waals surface area contributed by atoms with Gasteiger partial charge in [0.1, 0.15) is 17.3 Å². The number of aliphatic imine (C=N–C) groups is 1. The highest BCUT2D eigenvalue weighted by Gasteiger charge is 2.23. The number of piperidine rings is 1. The molecule has 1 aliphatic heterocycles. The number of carbonyl (C=O) groups is 1. The van der Waals surface area contributed by atoms with Crippen LogP contribution in [0.1, 0.15) is 24.8 Å². The van der Waals surface area contributed by atoms with E-state index in [4.69, 9.17) is 10.5 Å². The average Bonchev–Trinajstić information content (AvgIpc) is 2.74. The van der Waals surface area contributed by atoms with E-state index >= 15 is 0 Å². The van der Waals surface area contributed by atoms with E-state index in [0.29, 0.717) is 23.8 Å². The largest absolute Gasteiger partial charge is 0.457 e. The Morgan fingerprint density at radius 3 is 2.50 bits per heavy atom. The minimum atomic E-state index is -0.284. The summed E-state index contributed by atoms with van der Waals surface area (Å²) >= 11 is 0. The number of ether oxygens (including phenoxy) is 1. The molecule has 2 aromatic carbocycles. The van der Waals surface area contributed by atoms with Crippen LogP contribution >= 0.6 is 0 Å². The molecule has 160 valence electrons. The summed E-state index contributed by atoms with van der Waals surface area (Å²) in [6.07, 6.45) is 3.34. The zero-order chi connectivity index (χ0) is 21.3. The minimum absolute atomic E-state index is 0.239. The lowest BCUT2D eigenvalue weighted by molar-refractivity contribution is -0.119. The summed E-state index contributed by atoms with van der Waals surface area (Å²) in [4.78, 5) is 17.8. The zero-order valence-corrected chi connectivity index (χ0v) is 17.3. The predicted molar refractivity (Wildman–Crippen MR) is 116 cm³/mol. The van der Waals surface area contributed by atoms with Crippen LogP contribution in [0.4, 0.5) is 4.39 Å². The number of primary amides is 1. The highest BCUT2D eigenvalue weighted by Crippen LogP contribution is 2.22. The molecular weight excluding hydrogens is 383 g/mol. The molecular formula is C23H29FN4O2. The molecule has 1 fully saturated rings. The molecule has 0 radical (unpaired) electrons. The maximum Gasteiger partial charge on any atom is 0.217 e. The van der Waals surface area contributed by atoms with Crippen LogP contribution in [0.25, 0.3) is 0 Å². The molecule has 3 rings (SSSR count). The standard InChI is InChI=1S/C23H29FN4O2/c1-26-23(28-14-2-3-18(16-28)15-22(25)29)27-13-12-17-4-8-20(9-5-17)30-21-10-6-19(24)7-11-21/h4-11,18H,2-3,12-16H2,1H3,(H2,25,29)(H,26,27). The van der Waals surface area contributed by atoms with E-state index in [-0.39, 0.29) is 11.7 Å². The summed E-state index contributed by atoms with van der Waals surface area (Å²) in [6, 6.07) is 13.8. The molecule has 1 amide bonds. The fourth-order valence-electron chi connectivity index (χ4n) is 3.72. The first kappa shape index (κ1) is 21.6. The number of halogens is 1. The number of guanidine groups is 1. The fourth-order valence-corrected chi connectivity index (χ4v) is 3.72. The van der Waals surface area contributed by atoms with Crippen molar-refractivity contribution in [2.75, 3.05) is 26.7 Å². The van der Waals surface area contributed by atoms with E-state index in [1.54, 1.807) is 19.2 Å². The Morgan fingerprint density at radius 1 is 1.20 bits per heavy atom. The number of nitrogens with zero attached hydrogens (tertiary/aromatic N) is 2. The van der Waals surface area contributed by atoms with Gasteiger partial charge in [-0.3, -0.25) is 9.79 Å². The van der Waals surface area contributed by atoms with Gasteiger partial charge in [-0.1, -0.05) is 12.1 Å². The van der Waals surface area contributed by atoms with Gasteiger partial charge in [0.2, 0.25) is 5.91 Å². The van der Waals surface area contributed by atoms with E-state index in [1.807, 2.05) is 24.3 Å². The summed E-state index contributed by atoms with van der Waals surface area (Å²) in [7, 11) is 1.78. The second-order valence-electron chi connectivity index (χ2n) is 7.55. The second kappa shape index (κ2) is 10.6. The lowest BCUT2D eigenvalue weighted by atomic mass is 9.95. The Bertz CT molecular complexity index is 853. The normalized spacial score (nSPS) is 16.9. The van der Waals surface area contributed by atoms with Gasteiger partial charge in [0.05, 0.1) is 0 Å². The number of nitrogens with one attached hydrogen (secondary N) is 1. The summed E-state index contributed by atoms with van der Waals surface area (Å²) < 4.78 is 18.7. The average molecular weight is 413 g/mol. The highest BCUT2D eigenvalue weighted by molar-refractivity contribution is 5.80. The van der Waals surface area contributed by atoms with Crippen molar-refractivity contribution >= 4 is 11.9 Å². The monoisotopic (exact) mass is 412 g/mol. The molecule has 0 bridgehead atoms. The van der Waals surface area contributed by atoms with Crippen LogP contribution in [-0.2, 0) is 11.2 Å². The van der Waals surface area contributed by atoms with Gasteiger partial charge in [0.15, 0.2) is 5.96 Å². The number of benzene rings is 2. The first-order valence-electron chi connectivity index (χ1n) is 10.3. The molecule has 1 heterocycles. The van der Waals surface area contributed by atoms with Gasteiger partial charge in [0, 0.05) is 33.1 Å². The van der Waals surface area contributed by atoms with Crippen molar-refractivity contribution in [3.8, 4) is 11.5 Å². The molecule has 0 aliphatic carbocycles. The van der Waals surface area contributed by atoms with Crippen LogP contribution < -0.4 is 15.8 Å². The van der Waals surface area contributed by atoms with Crippen LogP contribution in [0.5, 0.6) is 11.5 Å². The molecule has 0 aromatic heterocycles. The Hall–Kier alpha value is -3.09. The maximum absolute atomic E-state index is 13.0. The van der Waals surface area contributed by atoms with Crippen LogP contribution in [0.15, 0.2) is 53.5 Å². The maximum atomic E-state index is 13.0. The molecule has 30 heavy (non-hydrogen) atoms. The van der Waals surface area contributed by atoms with Crippen LogP contribution in [-0.4, -0.2) is 43.4 Å². The number of carbonyl (C=O) groups excluding carboxylic acids is 1. The van der Waals surface area contributed by atoms with Gasteiger partial charge in [-0.05, 0) is 67.1 Å². The Labute approximate surface area is 176 Å². The van der Waals surface area contributed by atoms with Crippen LogP contribution in [0, 0.1) is 11.7 Å². The van der Waals surface area contributed by atoms with Gasteiger partial charge in [-0.15, -0.1) is 0 Å². The van der Waals surface area contributed by atoms with Crippen molar-refractivity contribution in [3.05, 3.63) is 59.9 Å². The number of hydrogen-bond donors (Lipinski definition) is 2. The molecule has 0 spiro atoms. The number of rotatable bonds is 7. The molecule has 1 aliphatic rings. The van der Waals surface area contributed by atoms with Crippen molar-refractivity contribution in [3.63, 3.8) is 0 Å². The Balaban J connectivity index is 1.46. The molecule has 0 saturated carbocycles. The fraction of sp³-hybridized carbons (Fsp3) is 0.391. The zero-order valence-electron chi connectivity index (χ0n) is 17.3. The topological polar surface area (TPSA) is 80.0 Å². The van der Waals surface area contributed by atoms with Crippen molar-refractivity contribution in [2.24, 2.45) is 16.6 Å². The van der Waals surface area contributed by atoms with E-state index in [0.717, 1.165) is 44.9 Å². The smallest absolute Gasteiger partial charge is 0.217 e.